The van der Waals surface area contributed by atoms with Gasteiger partial charge in [-0.3, -0.25) is 0 Å². The van der Waals surface area contributed by atoms with Gasteiger partial charge in [-0.2, -0.15) is 0 Å². The maximum Gasteiger partial charge on any atom is 0.573 e. The zero-order chi connectivity index (χ0) is 13.1. The second kappa shape index (κ2) is 4.77. The van der Waals surface area contributed by atoms with Gasteiger partial charge < -0.3 is 15.6 Å². The molecule has 0 saturated heterocycles. The Morgan fingerprint density at radius 1 is 1.41 bits per heavy atom. The van der Waals surface area contributed by atoms with Gasteiger partial charge >= 0.3 is 12.3 Å². The summed E-state index contributed by atoms with van der Waals surface area (Å²) in [5.74, 6) is -1.69. The Bertz CT molecular complexity index is 455. The number of anilines is 1. The van der Waals surface area contributed by atoms with E-state index >= 15 is 0 Å². The summed E-state index contributed by atoms with van der Waals surface area (Å²) in [6.07, 6.45) is -2.76. The second-order valence-electron chi connectivity index (χ2n) is 3.02. The Balaban J connectivity index is 2.90. The fraction of sp³-hybridized carbons (Fsp3) is 0.100. The fourth-order valence-corrected chi connectivity index (χ4v) is 1.06. The molecular formula is C10H8F3NO3. The first-order valence-electron chi connectivity index (χ1n) is 4.34. The summed E-state index contributed by atoms with van der Waals surface area (Å²) in [5, 5.41) is 8.36. The van der Waals surface area contributed by atoms with E-state index in [1.54, 1.807) is 0 Å². The molecule has 1 aromatic rings. The highest BCUT2D eigenvalue weighted by Gasteiger charge is 2.31. The van der Waals surface area contributed by atoms with Crippen LogP contribution in [0.5, 0.6) is 5.75 Å². The van der Waals surface area contributed by atoms with E-state index in [-0.39, 0.29) is 5.69 Å². The predicted octanol–water partition coefficient (Wildman–Crippen LogP) is 2.27. The molecule has 4 nitrogen and oxygen atoms in total. The van der Waals surface area contributed by atoms with Crippen molar-refractivity contribution in [2.45, 2.75) is 6.36 Å². The van der Waals surface area contributed by atoms with Crippen LogP contribution < -0.4 is 10.5 Å². The zero-order valence-corrected chi connectivity index (χ0v) is 8.36. The normalized spacial score (nSPS) is 11.7. The van der Waals surface area contributed by atoms with Gasteiger partial charge in [0.2, 0.25) is 0 Å². The lowest BCUT2D eigenvalue weighted by Gasteiger charge is -2.11. The molecule has 0 atom stereocenters. The quantitative estimate of drug-likeness (QED) is 0.634. The molecule has 0 aromatic heterocycles. The Morgan fingerprint density at radius 3 is 2.53 bits per heavy atom. The minimum Gasteiger partial charge on any atom is -0.478 e. The molecule has 0 aliphatic heterocycles. The maximum absolute atomic E-state index is 11.9. The summed E-state index contributed by atoms with van der Waals surface area (Å²) in [5.41, 5.74) is 5.46. The molecule has 0 spiro atoms. The third-order valence-corrected chi connectivity index (χ3v) is 1.68. The van der Waals surface area contributed by atoms with Gasteiger partial charge in [-0.15, -0.1) is 13.2 Å². The van der Waals surface area contributed by atoms with Gasteiger partial charge in [0.05, 0.1) is 5.69 Å². The minimum atomic E-state index is -4.81. The molecule has 3 N–H and O–H groups in total. The number of carboxylic acids is 1. The number of nitrogens with two attached hydrogens (primary N) is 1. The van der Waals surface area contributed by atoms with Crippen molar-refractivity contribution in [2.75, 3.05) is 5.73 Å². The molecule has 0 heterocycles. The number of alkyl halides is 3. The van der Waals surface area contributed by atoms with Gasteiger partial charge in [0, 0.05) is 6.08 Å². The van der Waals surface area contributed by atoms with Crippen molar-refractivity contribution in [1.82, 2.24) is 0 Å². The number of nitrogen functional groups attached to an aromatic ring is 1. The Morgan fingerprint density at radius 2 is 2.06 bits per heavy atom. The Hall–Kier alpha value is -2.18. The highest BCUT2D eigenvalue weighted by atomic mass is 19.4. The van der Waals surface area contributed by atoms with E-state index in [0.29, 0.717) is 5.56 Å². The van der Waals surface area contributed by atoms with Crippen LogP contribution in [0.2, 0.25) is 0 Å². The monoisotopic (exact) mass is 247 g/mol. The van der Waals surface area contributed by atoms with Crippen molar-refractivity contribution >= 4 is 17.7 Å². The molecule has 0 radical (unpaired) electrons. The third-order valence-electron chi connectivity index (χ3n) is 1.68. The first kappa shape index (κ1) is 12.9. The molecular weight excluding hydrogens is 239 g/mol. The molecule has 0 saturated carbocycles. The van der Waals surface area contributed by atoms with Gasteiger partial charge in [0.25, 0.3) is 0 Å². The number of carbonyl (C=O) groups is 1. The van der Waals surface area contributed by atoms with Crippen LogP contribution in [0.25, 0.3) is 6.08 Å². The summed E-state index contributed by atoms with van der Waals surface area (Å²) < 4.78 is 39.4. The lowest BCUT2D eigenvalue weighted by molar-refractivity contribution is -0.274. The van der Waals surface area contributed by atoms with Crippen LogP contribution in [0, 0.1) is 0 Å². The largest absolute Gasteiger partial charge is 0.573 e. The lowest BCUT2D eigenvalue weighted by atomic mass is 10.2. The van der Waals surface area contributed by atoms with Crippen LogP contribution in [0.1, 0.15) is 5.56 Å². The highest BCUT2D eigenvalue weighted by Crippen LogP contribution is 2.29. The average Bonchev–Trinajstić information content (AvgIpc) is 2.17. The van der Waals surface area contributed by atoms with Crippen LogP contribution in [-0.2, 0) is 4.79 Å². The van der Waals surface area contributed by atoms with Crippen LogP contribution in [0.4, 0.5) is 18.9 Å². The molecule has 7 heteroatoms. The molecule has 1 aromatic carbocycles. The fourth-order valence-electron chi connectivity index (χ4n) is 1.06. The van der Waals surface area contributed by atoms with Gasteiger partial charge in [-0.1, -0.05) is 6.07 Å². The van der Waals surface area contributed by atoms with Gasteiger partial charge in [-0.25, -0.2) is 4.79 Å². The highest BCUT2D eigenvalue weighted by molar-refractivity contribution is 5.85. The van der Waals surface area contributed by atoms with Gasteiger partial charge in [-0.05, 0) is 23.8 Å². The van der Waals surface area contributed by atoms with E-state index in [9.17, 15) is 18.0 Å². The first-order chi connectivity index (χ1) is 7.78. The minimum absolute atomic E-state index is 0.227. The predicted molar refractivity (Wildman–Crippen MR) is 54.2 cm³/mol. The topological polar surface area (TPSA) is 72.6 Å². The number of hydrogen-bond acceptors (Lipinski definition) is 3. The molecule has 0 unspecified atom stereocenters. The van der Waals surface area contributed by atoms with Crippen LogP contribution >= 0.6 is 0 Å². The van der Waals surface area contributed by atoms with Crippen molar-refractivity contribution in [3.8, 4) is 5.75 Å². The SMILES string of the molecule is Nc1cc(/C=C/C(=O)O)ccc1OC(F)(F)F. The number of carboxylic acid groups (broad SMARTS) is 1. The van der Waals surface area contributed by atoms with Crippen molar-refractivity contribution in [3.05, 3.63) is 29.8 Å². The van der Waals surface area contributed by atoms with Crippen molar-refractivity contribution < 1.29 is 27.8 Å². The molecule has 1 rings (SSSR count). The summed E-state index contributed by atoms with van der Waals surface area (Å²) in [6.45, 7) is 0. The molecule has 0 amide bonds. The van der Waals surface area contributed by atoms with E-state index in [0.717, 1.165) is 12.1 Å². The lowest BCUT2D eigenvalue weighted by Crippen LogP contribution is -2.18. The van der Waals surface area contributed by atoms with E-state index in [1.165, 1.54) is 18.2 Å². The van der Waals surface area contributed by atoms with E-state index in [1.807, 2.05) is 0 Å². The Kier molecular flexibility index (Phi) is 3.62. The van der Waals surface area contributed by atoms with E-state index < -0.39 is 18.1 Å². The molecule has 17 heavy (non-hydrogen) atoms. The van der Waals surface area contributed by atoms with Crippen molar-refractivity contribution in [1.29, 1.82) is 0 Å². The maximum atomic E-state index is 11.9. The number of benzene rings is 1. The van der Waals surface area contributed by atoms with Crippen molar-refractivity contribution in [2.24, 2.45) is 0 Å². The van der Waals surface area contributed by atoms with Crippen LogP contribution in [0.15, 0.2) is 24.3 Å². The molecule has 0 aliphatic rings. The zero-order valence-electron chi connectivity index (χ0n) is 8.36. The number of ether oxygens (including phenoxy) is 1. The number of halogens is 3. The summed E-state index contributed by atoms with van der Waals surface area (Å²) in [4.78, 5) is 10.2. The average molecular weight is 247 g/mol. The summed E-state index contributed by atoms with van der Waals surface area (Å²) in [6, 6.07) is 3.46. The molecule has 0 bridgehead atoms. The van der Waals surface area contributed by atoms with Gasteiger partial charge in [0.15, 0.2) is 5.75 Å². The van der Waals surface area contributed by atoms with Gasteiger partial charge in [0.1, 0.15) is 0 Å². The molecule has 92 valence electrons. The molecule has 0 fully saturated rings. The summed E-state index contributed by atoms with van der Waals surface area (Å²) in [7, 11) is 0. The van der Waals surface area contributed by atoms with E-state index in [2.05, 4.69) is 4.74 Å². The molecule has 0 aliphatic carbocycles. The summed E-state index contributed by atoms with van der Waals surface area (Å²) >= 11 is 0. The van der Waals surface area contributed by atoms with Crippen molar-refractivity contribution in [3.63, 3.8) is 0 Å². The number of aliphatic carboxylic acids is 1. The van der Waals surface area contributed by atoms with E-state index in [4.69, 9.17) is 10.8 Å². The standard InChI is InChI=1S/C10H8F3NO3/c11-10(12,13)17-8-3-1-6(5-7(8)14)2-4-9(15)16/h1-5H,14H2,(H,15,16)/b4-2+. The smallest absolute Gasteiger partial charge is 0.478 e. The number of hydrogen-bond donors (Lipinski definition) is 2. The second-order valence-corrected chi connectivity index (χ2v) is 3.02. The Labute approximate surface area is 94.1 Å². The number of rotatable bonds is 3. The van der Waals surface area contributed by atoms with Crippen LogP contribution in [-0.4, -0.2) is 17.4 Å². The third kappa shape index (κ3) is 4.45. The van der Waals surface area contributed by atoms with Crippen LogP contribution in [0.3, 0.4) is 0 Å². The first-order valence-corrected chi connectivity index (χ1v) is 4.34.